The van der Waals surface area contributed by atoms with E-state index in [0.29, 0.717) is 6.54 Å². The highest BCUT2D eigenvalue weighted by Crippen LogP contribution is 2.23. The van der Waals surface area contributed by atoms with Gasteiger partial charge in [0.2, 0.25) is 0 Å². The first kappa shape index (κ1) is 13.9. The third-order valence-electron chi connectivity index (χ3n) is 4.08. The van der Waals surface area contributed by atoms with Crippen LogP contribution in [0.4, 0.5) is 0 Å². The molecule has 1 aromatic heterocycles. The van der Waals surface area contributed by atoms with Gasteiger partial charge in [0.1, 0.15) is 5.69 Å². The molecule has 0 bridgehead atoms. The number of rotatable bonds is 3. The molecule has 0 radical (unpaired) electrons. The molecule has 1 aromatic carbocycles. The van der Waals surface area contributed by atoms with E-state index < -0.39 is 0 Å². The van der Waals surface area contributed by atoms with Gasteiger partial charge in [0.05, 0.1) is 0 Å². The summed E-state index contributed by atoms with van der Waals surface area (Å²) in [6.07, 6.45) is 1.90. The fourth-order valence-corrected chi connectivity index (χ4v) is 2.94. The van der Waals surface area contributed by atoms with E-state index in [-0.39, 0.29) is 5.91 Å². The third kappa shape index (κ3) is 2.72. The minimum absolute atomic E-state index is 0.0557. The van der Waals surface area contributed by atoms with Crippen molar-refractivity contribution in [3.63, 3.8) is 0 Å². The van der Waals surface area contributed by atoms with Crippen molar-refractivity contribution < 1.29 is 4.79 Å². The summed E-state index contributed by atoms with van der Waals surface area (Å²) in [4.78, 5) is 16.5. The molecule has 0 fully saturated rings. The smallest absolute Gasteiger partial charge is 0.270 e. The van der Waals surface area contributed by atoms with Gasteiger partial charge in [-0.25, -0.2) is 0 Å². The van der Waals surface area contributed by atoms with E-state index in [4.69, 9.17) is 0 Å². The van der Waals surface area contributed by atoms with Crippen LogP contribution in [-0.2, 0) is 26.7 Å². The molecule has 0 N–H and O–H groups in total. The van der Waals surface area contributed by atoms with Gasteiger partial charge in [-0.3, -0.25) is 9.69 Å². The first-order valence-electron chi connectivity index (χ1n) is 7.20. The Kier molecular flexibility index (Phi) is 3.55. The number of aryl methyl sites for hydroxylation is 1. The lowest BCUT2D eigenvalue weighted by molar-refractivity contribution is 0.0775. The Labute approximate surface area is 125 Å². The number of carbonyl (C=O) groups is 1. The number of hydrogen-bond donors (Lipinski definition) is 0. The summed E-state index contributed by atoms with van der Waals surface area (Å²) in [7, 11) is 5.88. The van der Waals surface area contributed by atoms with E-state index in [0.717, 1.165) is 18.8 Å². The largest absolute Gasteiger partial charge is 0.347 e. The molecule has 4 nitrogen and oxygen atoms in total. The predicted molar refractivity (Wildman–Crippen MR) is 82.8 cm³/mol. The lowest BCUT2D eigenvalue weighted by Gasteiger charge is -2.18. The van der Waals surface area contributed by atoms with Gasteiger partial charge >= 0.3 is 0 Å². The second kappa shape index (κ2) is 5.37. The van der Waals surface area contributed by atoms with Crippen LogP contribution in [0.15, 0.2) is 36.5 Å². The highest BCUT2D eigenvalue weighted by atomic mass is 16.2. The molecule has 1 aliphatic heterocycles. The first-order chi connectivity index (χ1) is 10.0. The second-order valence-electron chi connectivity index (χ2n) is 5.94. The van der Waals surface area contributed by atoms with Crippen LogP contribution in [0.25, 0.3) is 0 Å². The van der Waals surface area contributed by atoms with Crippen molar-refractivity contribution in [3.05, 3.63) is 58.9 Å². The summed E-state index contributed by atoms with van der Waals surface area (Å²) >= 11 is 0. The van der Waals surface area contributed by atoms with Crippen LogP contribution < -0.4 is 0 Å². The summed E-state index contributed by atoms with van der Waals surface area (Å²) in [6, 6.07) is 10.3. The molecule has 0 unspecified atom stereocenters. The Morgan fingerprint density at radius 2 is 1.95 bits per heavy atom. The molecule has 4 heteroatoms. The van der Waals surface area contributed by atoms with Gasteiger partial charge in [-0.05, 0) is 35.9 Å². The fraction of sp³-hybridized carbons (Fsp3) is 0.353. The zero-order valence-electron chi connectivity index (χ0n) is 12.8. The molecule has 0 atom stereocenters. The highest BCUT2D eigenvalue weighted by Gasteiger charge is 2.18. The van der Waals surface area contributed by atoms with Crippen molar-refractivity contribution in [1.29, 1.82) is 0 Å². The average Bonchev–Trinajstić information content (AvgIpc) is 3.02. The molecule has 110 valence electrons. The number of amides is 1. The standard InChI is InChI=1S/C17H21N3O/c1-18-11-14-7-6-13(9-15(14)12-18)10-20(3)17(21)16-5-4-8-19(16)2/h4-9H,10-12H2,1-3H3. The molecule has 0 aliphatic carbocycles. The maximum atomic E-state index is 12.4. The topological polar surface area (TPSA) is 28.5 Å². The van der Waals surface area contributed by atoms with Gasteiger partial charge in [0.25, 0.3) is 5.91 Å². The monoisotopic (exact) mass is 283 g/mol. The summed E-state index contributed by atoms with van der Waals surface area (Å²) in [6.45, 7) is 2.66. The number of benzene rings is 1. The van der Waals surface area contributed by atoms with Crippen molar-refractivity contribution in [2.75, 3.05) is 14.1 Å². The summed E-state index contributed by atoms with van der Waals surface area (Å²) in [5.74, 6) is 0.0557. The second-order valence-corrected chi connectivity index (χ2v) is 5.94. The van der Waals surface area contributed by atoms with Gasteiger partial charge in [0.15, 0.2) is 0 Å². The van der Waals surface area contributed by atoms with E-state index in [1.54, 1.807) is 4.90 Å². The summed E-state index contributed by atoms with van der Waals surface area (Å²) in [5, 5.41) is 0. The average molecular weight is 283 g/mol. The minimum Gasteiger partial charge on any atom is -0.347 e. The van der Waals surface area contributed by atoms with Crippen LogP contribution in [0.2, 0.25) is 0 Å². The predicted octanol–water partition coefficient (Wildman–Crippen LogP) is 2.24. The minimum atomic E-state index is 0.0557. The van der Waals surface area contributed by atoms with E-state index in [1.165, 1.54) is 16.7 Å². The quantitative estimate of drug-likeness (QED) is 0.864. The molecule has 21 heavy (non-hydrogen) atoms. The number of nitrogens with zero attached hydrogens (tertiary/aromatic N) is 3. The van der Waals surface area contributed by atoms with Gasteiger partial charge in [0, 0.05) is 39.9 Å². The Balaban J connectivity index is 1.74. The Morgan fingerprint density at radius 3 is 2.67 bits per heavy atom. The van der Waals surface area contributed by atoms with Crippen molar-refractivity contribution >= 4 is 5.91 Å². The molecule has 2 aromatic rings. The lowest BCUT2D eigenvalue weighted by atomic mass is 10.1. The van der Waals surface area contributed by atoms with Crippen LogP contribution in [0.5, 0.6) is 0 Å². The fourth-order valence-electron chi connectivity index (χ4n) is 2.94. The van der Waals surface area contributed by atoms with Crippen LogP contribution in [0.1, 0.15) is 27.2 Å². The zero-order chi connectivity index (χ0) is 15.0. The van der Waals surface area contributed by atoms with Gasteiger partial charge < -0.3 is 9.47 Å². The van der Waals surface area contributed by atoms with Crippen LogP contribution in [0, 0.1) is 0 Å². The SMILES string of the molecule is CN1Cc2ccc(CN(C)C(=O)c3cccn3C)cc2C1. The van der Waals surface area contributed by atoms with Crippen molar-refractivity contribution in [2.45, 2.75) is 19.6 Å². The van der Waals surface area contributed by atoms with E-state index in [1.807, 2.05) is 37.0 Å². The molecule has 3 rings (SSSR count). The van der Waals surface area contributed by atoms with Crippen molar-refractivity contribution in [2.24, 2.45) is 7.05 Å². The Hall–Kier alpha value is -2.07. The number of aromatic nitrogens is 1. The molecular weight excluding hydrogens is 262 g/mol. The Morgan fingerprint density at radius 1 is 1.19 bits per heavy atom. The maximum absolute atomic E-state index is 12.4. The van der Waals surface area contributed by atoms with E-state index in [2.05, 4.69) is 30.1 Å². The first-order valence-corrected chi connectivity index (χ1v) is 7.20. The highest BCUT2D eigenvalue weighted by molar-refractivity contribution is 5.92. The van der Waals surface area contributed by atoms with Crippen molar-refractivity contribution in [3.8, 4) is 0 Å². The van der Waals surface area contributed by atoms with Gasteiger partial charge in [-0.1, -0.05) is 18.2 Å². The van der Waals surface area contributed by atoms with Crippen molar-refractivity contribution in [1.82, 2.24) is 14.4 Å². The molecule has 1 aliphatic rings. The molecule has 1 amide bonds. The molecule has 0 saturated heterocycles. The third-order valence-corrected chi connectivity index (χ3v) is 4.08. The van der Waals surface area contributed by atoms with Crippen LogP contribution in [-0.4, -0.2) is 34.4 Å². The van der Waals surface area contributed by atoms with Gasteiger partial charge in [-0.15, -0.1) is 0 Å². The number of fused-ring (bicyclic) bond motifs is 1. The van der Waals surface area contributed by atoms with Gasteiger partial charge in [-0.2, -0.15) is 0 Å². The van der Waals surface area contributed by atoms with E-state index in [9.17, 15) is 4.79 Å². The molecule has 0 saturated carbocycles. The molecule has 2 heterocycles. The summed E-state index contributed by atoms with van der Waals surface area (Å²) in [5.41, 5.74) is 4.69. The van der Waals surface area contributed by atoms with E-state index >= 15 is 0 Å². The van der Waals surface area contributed by atoms with Crippen LogP contribution in [0.3, 0.4) is 0 Å². The maximum Gasteiger partial charge on any atom is 0.270 e. The Bertz CT molecular complexity index is 674. The van der Waals surface area contributed by atoms with Crippen LogP contribution >= 0.6 is 0 Å². The molecular formula is C17H21N3O. The normalized spacial score (nSPS) is 14.2. The number of carbonyl (C=O) groups excluding carboxylic acids is 1. The molecule has 0 spiro atoms. The number of hydrogen-bond acceptors (Lipinski definition) is 2. The lowest BCUT2D eigenvalue weighted by Crippen LogP contribution is -2.27. The zero-order valence-corrected chi connectivity index (χ0v) is 12.8. The summed E-state index contributed by atoms with van der Waals surface area (Å²) < 4.78 is 1.86.